The molecule has 162 valence electrons. The fourth-order valence-electron chi connectivity index (χ4n) is 4.10. The molecule has 1 amide bonds. The van der Waals surface area contributed by atoms with E-state index in [4.69, 9.17) is 16.3 Å². The van der Waals surface area contributed by atoms with Crippen molar-refractivity contribution in [2.45, 2.75) is 32.4 Å². The molecule has 7 nitrogen and oxygen atoms in total. The van der Waals surface area contributed by atoms with Gasteiger partial charge in [-0.15, -0.1) is 10.2 Å². The number of carbonyl (C=O) groups is 2. The minimum atomic E-state index is -0.858. The van der Waals surface area contributed by atoms with Gasteiger partial charge in [0.15, 0.2) is 0 Å². The first-order valence-corrected chi connectivity index (χ1v) is 11.2. The quantitative estimate of drug-likeness (QED) is 0.347. The number of aliphatic hydroxyl groups is 1. The normalized spacial score (nSPS) is 21.7. The standard InChI is InChI=1S/C23H18ClN3O4S/c1-11-9-15-10-14(5-8-17(15)31-11)20(28)18-19(13-3-6-16(24)7-4-13)27(22(30)21(18)29)23-26-25-12(2)32-23/h3-8,10-11,19,28H,9H2,1-2H3/t11-,19+/m0/s1. The van der Waals surface area contributed by atoms with Crippen LogP contribution in [0.15, 0.2) is 48.0 Å². The van der Waals surface area contributed by atoms with Crippen LogP contribution in [0.4, 0.5) is 5.13 Å². The second-order valence-electron chi connectivity index (χ2n) is 7.78. The zero-order valence-corrected chi connectivity index (χ0v) is 18.8. The van der Waals surface area contributed by atoms with Gasteiger partial charge in [-0.1, -0.05) is 35.1 Å². The summed E-state index contributed by atoms with van der Waals surface area (Å²) >= 11 is 7.25. The van der Waals surface area contributed by atoms with Crippen molar-refractivity contribution in [1.82, 2.24) is 10.2 Å². The Hall–Kier alpha value is -3.23. The molecular weight excluding hydrogens is 450 g/mol. The van der Waals surface area contributed by atoms with E-state index in [1.54, 1.807) is 49.4 Å². The number of aromatic nitrogens is 2. The van der Waals surface area contributed by atoms with E-state index in [1.165, 1.54) is 16.2 Å². The van der Waals surface area contributed by atoms with E-state index in [0.717, 1.165) is 11.3 Å². The van der Waals surface area contributed by atoms with Crippen molar-refractivity contribution in [2.75, 3.05) is 4.90 Å². The predicted molar refractivity (Wildman–Crippen MR) is 121 cm³/mol. The molecule has 3 aromatic rings. The Morgan fingerprint density at radius 3 is 2.62 bits per heavy atom. The maximum absolute atomic E-state index is 13.1. The first-order chi connectivity index (χ1) is 15.3. The minimum absolute atomic E-state index is 0.00270. The average molecular weight is 468 g/mol. The van der Waals surface area contributed by atoms with Crippen molar-refractivity contribution in [3.8, 4) is 5.75 Å². The Balaban J connectivity index is 1.68. The molecule has 5 rings (SSSR count). The molecule has 2 aliphatic heterocycles. The van der Waals surface area contributed by atoms with Crippen LogP contribution in [0.25, 0.3) is 5.76 Å². The Kier molecular flexibility index (Phi) is 4.98. The lowest BCUT2D eigenvalue weighted by Gasteiger charge is -2.22. The Morgan fingerprint density at radius 1 is 1.19 bits per heavy atom. The molecule has 3 heterocycles. The van der Waals surface area contributed by atoms with E-state index < -0.39 is 17.7 Å². The number of ether oxygens (including phenoxy) is 1. The topological polar surface area (TPSA) is 92.6 Å². The van der Waals surface area contributed by atoms with Gasteiger partial charge in [0.05, 0.1) is 11.6 Å². The highest BCUT2D eigenvalue weighted by molar-refractivity contribution is 7.15. The van der Waals surface area contributed by atoms with Crippen molar-refractivity contribution in [2.24, 2.45) is 0 Å². The molecule has 2 atom stereocenters. The molecule has 1 N–H and O–H groups in total. The number of halogens is 1. The number of fused-ring (bicyclic) bond motifs is 1. The van der Waals surface area contributed by atoms with Gasteiger partial charge in [-0.05, 0) is 55.3 Å². The molecule has 2 aromatic carbocycles. The van der Waals surface area contributed by atoms with Gasteiger partial charge in [-0.2, -0.15) is 0 Å². The summed E-state index contributed by atoms with van der Waals surface area (Å²) in [7, 11) is 0. The van der Waals surface area contributed by atoms with E-state index in [2.05, 4.69) is 10.2 Å². The summed E-state index contributed by atoms with van der Waals surface area (Å²) < 4.78 is 5.73. The highest BCUT2D eigenvalue weighted by atomic mass is 35.5. The number of anilines is 1. The third kappa shape index (κ3) is 3.36. The number of Topliss-reactive ketones (excluding diaryl/α,β-unsaturated/α-hetero) is 1. The SMILES string of the molecule is Cc1nnc(N2C(=O)C(=O)C(=C(O)c3ccc4c(c3)C[C@H](C)O4)[C@H]2c2ccc(Cl)cc2)s1. The van der Waals surface area contributed by atoms with E-state index in [1.807, 2.05) is 6.92 Å². The Bertz CT molecular complexity index is 1280. The highest BCUT2D eigenvalue weighted by Crippen LogP contribution is 2.43. The van der Waals surface area contributed by atoms with Crippen LogP contribution in [0.2, 0.25) is 5.02 Å². The summed E-state index contributed by atoms with van der Waals surface area (Å²) in [5.74, 6) is -1.02. The molecule has 1 saturated heterocycles. The van der Waals surface area contributed by atoms with Gasteiger partial charge in [0, 0.05) is 17.0 Å². The number of benzene rings is 2. The number of aliphatic hydroxyl groups excluding tert-OH is 1. The maximum atomic E-state index is 13.1. The first kappa shape index (κ1) is 20.7. The molecule has 0 radical (unpaired) electrons. The molecular formula is C23H18ClN3O4S. The molecule has 0 aliphatic carbocycles. The number of hydrogen-bond donors (Lipinski definition) is 1. The predicted octanol–water partition coefficient (Wildman–Crippen LogP) is 4.45. The minimum Gasteiger partial charge on any atom is -0.507 e. The van der Waals surface area contributed by atoms with Crippen LogP contribution in [-0.4, -0.2) is 33.1 Å². The number of ketones is 1. The van der Waals surface area contributed by atoms with Crippen LogP contribution in [-0.2, 0) is 16.0 Å². The summed E-state index contributed by atoms with van der Waals surface area (Å²) in [5, 5.41) is 20.8. The molecule has 0 saturated carbocycles. The average Bonchev–Trinajstić information content (AvgIpc) is 3.43. The zero-order valence-electron chi connectivity index (χ0n) is 17.2. The van der Waals surface area contributed by atoms with Crippen molar-refractivity contribution in [3.63, 3.8) is 0 Å². The number of carbonyl (C=O) groups excluding carboxylic acids is 2. The van der Waals surface area contributed by atoms with Gasteiger partial charge in [0.25, 0.3) is 5.78 Å². The number of hydrogen-bond acceptors (Lipinski definition) is 7. The summed E-state index contributed by atoms with van der Waals surface area (Å²) in [6, 6.07) is 11.2. The van der Waals surface area contributed by atoms with E-state index in [-0.39, 0.29) is 17.4 Å². The fourth-order valence-corrected chi connectivity index (χ4v) is 4.94. The van der Waals surface area contributed by atoms with E-state index >= 15 is 0 Å². The van der Waals surface area contributed by atoms with Crippen LogP contribution < -0.4 is 9.64 Å². The number of aryl methyl sites for hydroxylation is 1. The smallest absolute Gasteiger partial charge is 0.301 e. The lowest BCUT2D eigenvalue weighted by molar-refractivity contribution is -0.132. The van der Waals surface area contributed by atoms with Crippen LogP contribution in [0.5, 0.6) is 5.75 Å². The summed E-state index contributed by atoms with van der Waals surface area (Å²) in [4.78, 5) is 27.5. The van der Waals surface area contributed by atoms with Gasteiger partial charge in [-0.3, -0.25) is 14.5 Å². The largest absolute Gasteiger partial charge is 0.507 e. The highest BCUT2D eigenvalue weighted by Gasteiger charge is 2.48. The molecule has 1 fully saturated rings. The molecule has 32 heavy (non-hydrogen) atoms. The van der Waals surface area contributed by atoms with Gasteiger partial charge < -0.3 is 9.84 Å². The van der Waals surface area contributed by atoms with Gasteiger partial charge >= 0.3 is 5.91 Å². The van der Waals surface area contributed by atoms with Crippen LogP contribution in [0, 0.1) is 6.92 Å². The lowest BCUT2D eigenvalue weighted by atomic mass is 9.94. The summed E-state index contributed by atoms with van der Waals surface area (Å²) in [6.45, 7) is 3.73. The van der Waals surface area contributed by atoms with Crippen LogP contribution in [0.3, 0.4) is 0 Å². The van der Waals surface area contributed by atoms with Crippen molar-refractivity contribution < 1.29 is 19.4 Å². The molecule has 1 aromatic heterocycles. The van der Waals surface area contributed by atoms with Gasteiger partial charge in [0.2, 0.25) is 5.13 Å². The number of amides is 1. The third-order valence-electron chi connectivity index (χ3n) is 5.52. The first-order valence-electron chi connectivity index (χ1n) is 10.00. The molecule has 0 bridgehead atoms. The third-order valence-corrected chi connectivity index (χ3v) is 6.61. The zero-order chi connectivity index (χ0) is 22.6. The molecule has 2 aliphatic rings. The second-order valence-corrected chi connectivity index (χ2v) is 9.38. The number of nitrogens with zero attached hydrogens (tertiary/aromatic N) is 3. The summed E-state index contributed by atoms with van der Waals surface area (Å²) in [6.07, 6.45) is 0.748. The van der Waals surface area contributed by atoms with E-state index in [0.29, 0.717) is 32.7 Å². The molecule has 0 spiro atoms. The second kappa shape index (κ2) is 7.72. The molecule has 9 heteroatoms. The van der Waals surface area contributed by atoms with Crippen LogP contribution in [0.1, 0.15) is 34.7 Å². The van der Waals surface area contributed by atoms with Crippen LogP contribution >= 0.6 is 22.9 Å². The van der Waals surface area contributed by atoms with E-state index in [9.17, 15) is 14.7 Å². The van der Waals surface area contributed by atoms with Gasteiger partial charge in [0.1, 0.15) is 22.6 Å². The monoisotopic (exact) mass is 467 g/mol. The van der Waals surface area contributed by atoms with Crippen molar-refractivity contribution >= 4 is 45.5 Å². The van der Waals surface area contributed by atoms with Crippen molar-refractivity contribution in [3.05, 3.63) is 74.8 Å². The van der Waals surface area contributed by atoms with Crippen molar-refractivity contribution in [1.29, 1.82) is 0 Å². The molecule has 0 unspecified atom stereocenters. The number of rotatable bonds is 3. The van der Waals surface area contributed by atoms with Gasteiger partial charge in [-0.25, -0.2) is 0 Å². The summed E-state index contributed by atoms with van der Waals surface area (Å²) in [5.41, 5.74) is 2.02. The Labute approximate surface area is 192 Å². The maximum Gasteiger partial charge on any atom is 0.301 e. The lowest BCUT2D eigenvalue weighted by Crippen LogP contribution is -2.29. The fraction of sp³-hybridized carbons (Fsp3) is 0.217. The Morgan fingerprint density at radius 2 is 1.94 bits per heavy atom.